The van der Waals surface area contributed by atoms with Gasteiger partial charge in [-0.15, -0.1) is 6.58 Å². The molecule has 0 bridgehead atoms. The van der Waals surface area contributed by atoms with E-state index < -0.39 is 0 Å². The molecule has 20 heavy (non-hydrogen) atoms. The van der Waals surface area contributed by atoms with Crippen molar-refractivity contribution in [3.8, 4) is 0 Å². The van der Waals surface area contributed by atoms with Crippen molar-refractivity contribution in [1.82, 2.24) is 9.80 Å². The van der Waals surface area contributed by atoms with Gasteiger partial charge >= 0.3 is 0 Å². The Morgan fingerprint density at radius 2 is 1.90 bits per heavy atom. The molecule has 108 valence electrons. The molecule has 0 atom stereocenters. The fourth-order valence-electron chi connectivity index (χ4n) is 1.90. The van der Waals surface area contributed by atoms with Gasteiger partial charge in [-0.25, -0.2) is 0 Å². The highest BCUT2D eigenvalue weighted by Crippen LogP contribution is 2.04. The number of hydrogen-bond acceptors (Lipinski definition) is 2. The molecule has 0 unspecified atom stereocenters. The Morgan fingerprint density at radius 1 is 1.25 bits per heavy atom. The van der Waals surface area contributed by atoms with Crippen molar-refractivity contribution in [2.24, 2.45) is 0 Å². The van der Waals surface area contributed by atoms with Gasteiger partial charge < -0.3 is 9.80 Å². The molecule has 0 N–H and O–H groups in total. The predicted octanol–water partition coefficient (Wildman–Crippen LogP) is 2.07. The zero-order valence-electron chi connectivity index (χ0n) is 12.2. The van der Waals surface area contributed by atoms with E-state index >= 15 is 0 Å². The fourth-order valence-corrected chi connectivity index (χ4v) is 1.90. The van der Waals surface area contributed by atoms with Crippen LogP contribution in [0.25, 0.3) is 0 Å². The lowest BCUT2D eigenvalue weighted by molar-refractivity contribution is -0.132. The van der Waals surface area contributed by atoms with Gasteiger partial charge in [-0.05, 0) is 5.56 Å². The Kier molecular flexibility index (Phi) is 6.50. The molecular formula is C16H22N2O2. The van der Waals surface area contributed by atoms with E-state index in [0.717, 1.165) is 5.56 Å². The summed E-state index contributed by atoms with van der Waals surface area (Å²) < 4.78 is 0. The minimum Gasteiger partial charge on any atom is -0.341 e. The first-order valence-electron chi connectivity index (χ1n) is 6.69. The second kappa shape index (κ2) is 8.15. The van der Waals surface area contributed by atoms with Crippen LogP contribution in [0.15, 0.2) is 43.0 Å². The molecule has 0 fully saturated rings. The fraction of sp³-hybridized carbons (Fsp3) is 0.375. The normalized spacial score (nSPS) is 9.90. The van der Waals surface area contributed by atoms with Gasteiger partial charge in [0.2, 0.25) is 11.8 Å². The van der Waals surface area contributed by atoms with Gasteiger partial charge in [0.15, 0.2) is 0 Å². The third kappa shape index (κ3) is 5.26. The Hall–Kier alpha value is -2.10. The summed E-state index contributed by atoms with van der Waals surface area (Å²) in [7, 11) is 1.78. The first-order valence-corrected chi connectivity index (χ1v) is 6.69. The standard InChI is InChI=1S/C16H22N2O2/c1-4-11-18(14(2)19)12-10-16(20)17(3)13-15-8-6-5-7-9-15/h4-9H,1,10-13H2,2-3H3. The lowest BCUT2D eigenvalue weighted by Crippen LogP contribution is -2.34. The minimum atomic E-state index is -0.0385. The SMILES string of the molecule is C=CCN(CCC(=O)N(C)Cc1ccccc1)C(C)=O. The minimum absolute atomic E-state index is 0.0316. The van der Waals surface area contributed by atoms with Crippen LogP contribution in [0, 0.1) is 0 Å². The highest BCUT2D eigenvalue weighted by atomic mass is 16.2. The number of rotatable bonds is 7. The van der Waals surface area contributed by atoms with Gasteiger partial charge in [0.05, 0.1) is 0 Å². The van der Waals surface area contributed by atoms with Crippen LogP contribution < -0.4 is 0 Å². The highest BCUT2D eigenvalue weighted by Gasteiger charge is 2.13. The molecule has 0 radical (unpaired) electrons. The lowest BCUT2D eigenvalue weighted by atomic mass is 10.2. The number of hydrogen-bond donors (Lipinski definition) is 0. The third-order valence-corrected chi connectivity index (χ3v) is 3.08. The zero-order chi connectivity index (χ0) is 15.0. The molecule has 0 spiro atoms. The van der Waals surface area contributed by atoms with Crippen LogP contribution in [0.3, 0.4) is 0 Å². The van der Waals surface area contributed by atoms with Crippen LogP contribution >= 0.6 is 0 Å². The maximum Gasteiger partial charge on any atom is 0.224 e. The molecule has 4 nitrogen and oxygen atoms in total. The zero-order valence-corrected chi connectivity index (χ0v) is 12.2. The van der Waals surface area contributed by atoms with Crippen LogP contribution in [-0.2, 0) is 16.1 Å². The van der Waals surface area contributed by atoms with E-state index in [0.29, 0.717) is 26.1 Å². The monoisotopic (exact) mass is 274 g/mol. The van der Waals surface area contributed by atoms with Gasteiger partial charge in [-0.3, -0.25) is 9.59 Å². The number of carbonyl (C=O) groups is 2. The molecule has 0 aliphatic carbocycles. The largest absolute Gasteiger partial charge is 0.341 e. The van der Waals surface area contributed by atoms with Crippen molar-refractivity contribution < 1.29 is 9.59 Å². The average molecular weight is 274 g/mol. The third-order valence-electron chi connectivity index (χ3n) is 3.08. The van der Waals surface area contributed by atoms with Gasteiger partial charge in [0.25, 0.3) is 0 Å². The second-order valence-electron chi connectivity index (χ2n) is 4.74. The quantitative estimate of drug-likeness (QED) is 0.714. The Bertz CT molecular complexity index is 457. The van der Waals surface area contributed by atoms with E-state index in [1.165, 1.54) is 6.92 Å². The summed E-state index contributed by atoms with van der Waals surface area (Å²) in [4.78, 5) is 26.7. The van der Waals surface area contributed by atoms with Crippen LogP contribution in [-0.4, -0.2) is 41.8 Å². The van der Waals surface area contributed by atoms with Crippen molar-refractivity contribution in [2.45, 2.75) is 19.9 Å². The summed E-state index contributed by atoms with van der Waals surface area (Å²) in [5.41, 5.74) is 1.10. The summed E-state index contributed by atoms with van der Waals surface area (Å²) in [6, 6.07) is 9.84. The Morgan fingerprint density at radius 3 is 2.45 bits per heavy atom. The molecule has 0 aliphatic heterocycles. The molecule has 0 aliphatic rings. The lowest BCUT2D eigenvalue weighted by Gasteiger charge is -2.22. The molecule has 1 aromatic carbocycles. The van der Waals surface area contributed by atoms with E-state index in [-0.39, 0.29) is 11.8 Å². The van der Waals surface area contributed by atoms with Crippen molar-refractivity contribution in [3.63, 3.8) is 0 Å². The number of benzene rings is 1. The molecule has 1 rings (SSSR count). The van der Waals surface area contributed by atoms with Crippen LogP contribution in [0.4, 0.5) is 0 Å². The van der Waals surface area contributed by atoms with Crippen LogP contribution in [0.2, 0.25) is 0 Å². The first kappa shape index (κ1) is 16.0. The highest BCUT2D eigenvalue weighted by molar-refractivity contribution is 5.78. The Labute approximate surface area is 120 Å². The molecule has 0 saturated heterocycles. The summed E-state index contributed by atoms with van der Waals surface area (Å²) in [5.74, 6) is -0.00687. The average Bonchev–Trinajstić information content (AvgIpc) is 2.43. The number of carbonyl (C=O) groups excluding carboxylic acids is 2. The maximum absolute atomic E-state index is 12.0. The topological polar surface area (TPSA) is 40.6 Å². The van der Waals surface area contributed by atoms with E-state index in [9.17, 15) is 9.59 Å². The van der Waals surface area contributed by atoms with E-state index in [1.807, 2.05) is 30.3 Å². The molecular weight excluding hydrogens is 252 g/mol. The summed E-state index contributed by atoms with van der Waals surface area (Å²) in [6.45, 7) is 6.60. The smallest absolute Gasteiger partial charge is 0.224 e. The van der Waals surface area contributed by atoms with Crippen LogP contribution in [0.1, 0.15) is 18.9 Å². The number of amides is 2. The van der Waals surface area contributed by atoms with Gasteiger partial charge in [-0.2, -0.15) is 0 Å². The Balaban J connectivity index is 2.45. The molecule has 0 saturated carbocycles. The van der Waals surface area contributed by atoms with Gasteiger partial charge in [-0.1, -0.05) is 36.4 Å². The van der Waals surface area contributed by atoms with Gasteiger partial charge in [0.1, 0.15) is 0 Å². The summed E-state index contributed by atoms with van der Waals surface area (Å²) >= 11 is 0. The van der Waals surface area contributed by atoms with Crippen molar-refractivity contribution in [2.75, 3.05) is 20.1 Å². The van der Waals surface area contributed by atoms with Crippen LogP contribution in [0.5, 0.6) is 0 Å². The molecule has 0 aromatic heterocycles. The molecule has 2 amide bonds. The summed E-state index contributed by atoms with van der Waals surface area (Å²) in [5, 5.41) is 0. The predicted molar refractivity (Wildman–Crippen MR) is 80.0 cm³/mol. The molecule has 4 heteroatoms. The van der Waals surface area contributed by atoms with Crippen molar-refractivity contribution in [1.29, 1.82) is 0 Å². The van der Waals surface area contributed by atoms with E-state index in [2.05, 4.69) is 6.58 Å². The second-order valence-corrected chi connectivity index (χ2v) is 4.74. The maximum atomic E-state index is 12.0. The van der Waals surface area contributed by atoms with Crippen molar-refractivity contribution in [3.05, 3.63) is 48.6 Å². The van der Waals surface area contributed by atoms with Gasteiger partial charge in [0, 0.05) is 40.0 Å². The number of nitrogens with zero attached hydrogens (tertiary/aromatic N) is 2. The van der Waals surface area contributed by atoms with E-state index in [1.54, 1.807) is 22.9 Å². The first-order chi connectivity index (χ1) is 9.54. The van der Waals surface area contributed by atoms with Crippen molar-refractivity contribution >= 4 is 11.8 Å². The molecule has 1 aromatic rings. The molecule has 0 heterocycles. The summed E-state index contributed by atoms with van der Waals surface area (Å²) in [6.07, 6.45) is 2.00. The van der Waals surface area contributed by atoms with E-state index in [4.69, 9.17) is 0 Å².